The van der Waals surface area contributed by atoms with E-state index in [1.807, 2.05) is 13.8 Å². The van der Waals surface area contributed by atoms with E-state index in [2.05, 4.69) is 0 Å². The minimum atomic E-state index is -0.321. The highest BCUT2D eigenvalue weighted by Crippen LogP contribution is 1.95. The lowest BCUT2D eigenvalue weighted by atomic mass is 10.3. The lowest BCUT2D eigenvalue weighted by Crippen LogP contribution is -2.31. The normalized spacial score (nSPS) is 13.1. The summed E-state index contributed by atoms with van der Waals surface area (Å²) >= 11 is 0. The molecule has 0 saturated heterocycles. The third-order valence-electron chi connectivity index (χ3n) is 1.21. The van der Waals surface area contributed by atoms with Gasteiger partial charge in [0.1, 0.15) is 6.10 Å². The lowest BCUT2D eigenvalue weighted by molar-refractivity contribution is -0.149. The SMILES string of the molecule is CC(=O)OC(CN)COC(C)C. The van der Waals surface area contributed by atoms with Gasteiger partial charge in [-0.25, -0.2) is 0 Å². The molecule has 4 nitrogen and oxygen atoms in total. The van der Waals surface area contributed by atoms with Crippen LogP contribution in [0.5, 0.6) is 0 Å². The van der Waals surface area contributed by atoms with Crippen LogP contribution in [0.2, 0.25) is 0 Å². The molecule has 1 unspecified atom stereocenters. The van der Waals surface area contributed by atoms with Crippen LogP contribution in [0.3, 0.4) is 0 Å². The van der Waals surface area contributed by atoms with Gasteiger partial charge in [-0.05, 0) is 13.8 Å². The van der Waals surface area contributed by atoms with E-state index in [-0.39, 0.29) is 18.2 Å². The lowest BCUT2D eigenvalue weighted by Gasteiger charge is -2.16. The number of nitrogens with two attached hydrogens (primary N) is 1. The van der Waals surface area contributed by atoms with Crippen molar-refractivity contribution in [3.05, 3.63) is 0 Å². The van der Waals surface area contributed by atoms with Gasteiger partial charge in [0.2, 0.25) is 0 Å². The summed E-state index contributed by atoms with van der Waals surface area (Å²) in [6.45, 7) is 5.86. The molecule has 0 heterocycles. The van der Waals surface area contributed by atoms with Gasteiger partial charge in [-0.15, -0.1) is 0 Å². The number of esters is 1. The van der Waals surface area contributed by atoms with E-state index in [9.17, 15) is 4.79 Å². The number of carbonyl (C=O) groups excluding carboxylic acids is 1. The van der Waals surface area contributed by atoms with Crippen LogP contribution < -0.4 is 5.73 Å². The molecule has 72 valence electrons. The molecular formula is C8H17NO3. The highest BCUT2D eigenvalue weighted by atomic mass is 16.6. The summed E-state index contributed by atoms with van der Waals surface area (Å²) in [5.41, 5.74) is 5.35. The zero-order chi connectivity index (χ0) is 9.56. The van der Waals surface area contributed by atoms with E-state index in [0.717, 1.165) is 0 Å². The summed E-state index contributed by atoms with van der Waals surface area (Å²) < 4.78 is 10.1. The second kappa shape index (κ2) is 5.97. The van der Waals surface area contributed by atoms with Crippen molar-refractivity contribution in [2.45, 2.75) is 33.0 Å². The monoisotopic (exact) mass is 175 g/mol. The standard InChI is InChI=1S/C8H17NO3/c1-6(2)11-5-8(4-9)12-7(3)10/h6,8H,4-5,9H2,1-3H3. The fourth-order valence-corrected chi connectivity index (χ4v) is 0.685. The average Bonchev–Trinajstić information content (AvgIpc) is 1.97. The predicted octanol–water partition coefficient (Wildman–Crippen LogP) is 0.302. The van der Waals surface area contributed by atoms with Gasteiger partial charge < -0.3 is 15.2 Å². The van der Waals surface area contributed by atoms with Crippen molar-refractivity contribution in [1.29, 1.82) is 0 Å². The molecule has 0 aliphatic heterocycles. The summed E-state index contributed by atoms with van der Waals surface area (Å²) in [5.74, 6) is -0.321. The minimum Gasteiger partial charge on any atom is -0.459 e. The first-order chi connectivity index (χ1) is 5.56. The second-order valence-corrected chi connectivity index (χ2v) is 2.85. The molecule has 0 aliphatic rings. The molecule has 0 bridgehead atoms. The fraction of sp³-hybridized carbons (Fsp3) is 0.875. The number of ether oxygens (including phenoxy) is 2. The Morgan fingerprint density at radius 3 is 2.42 bits per heavy atom. The quantitative estimate of drug-likeness (QED) is 0.610. The molecule has 0 aromatic rings. The van der Waals surface area contributed by atoms with E-state index in [0.29, 0.717) is 13.2 Å². The molecule has 0 fully saturated rings. The second-order valence-electron chi connectivity index (χ2n) is 2.85. The molecule has 12 heavy (non-hydrogen) atoms. The summed E-state index contributed by atoms with van der Waals surface area (Å²) in [7, 11) is 0. The van der Waals surface area contributed by atoms with E-state index < -0.39 is 0 Å². The smallest absolute Gasteiger partial charge is 0.303 e. The predicted molar refractivity (Wildman–Crippen MR) is 45.7 cm³/mol. The molecule has 4 heteroatoms. The van der Waals surface area contributed by atoms with Gasteiger partial charge in [-0.2, -0.15) is 0 Å². The van der Waals surface area contributed by atoms with Crippen LogP contribution in [-0.2, 0) is 14.3 Å². The maximum absolute atomic E-state index is 10.5. The molecule has 2 N–H and O–H groups in total. The van der Waals surface area contributed by atoms with Crippen LogP contribution in [0, 0.1) is 0 Å². The molecule has 0 saturated carbocycles. The molecular weight excluding hydrogens is 158 g/mol. The minimum absolute atomic E-state index is 0.134. The van der Waals surface area contributed by atoms with Crippen molar-refractivity contribution >= 4 is 5.97 Å². The third kappa shape index (κ3) is 6.12. The largest absolute Gasteiger partial charge is 0.459 e. The van der Waals surface area contributed by atoms with Gasteiger partial charge in [0.15, 0.2) is 0 Å². The number of rotatable bonds is 5. The van der Waals surface area contributed by atoms with Crippen LogP contribution in [0.25, 0.3) is 0 Å². The van der Waals surface area contributed by atoms with Crippen molar-refractivity contribution in [2.75, 3.05) is 13.2 Å². The first-order valence-electron chi connectivity index (χ1n) is 4.05. The van der Waals surface area contributed by atoms with Crippen LogP contribution in [-0.4, -0.2) is 31.3 Å². The Labute approximate surface area is 73.0 Å². The van der Waals surface area contributed by atoms with E-state index in [1.165, 1.54) is 6.92 Å². The summed E-state index contributed by atoms with van der Waals surface area (Å²) in [6.07, 6.45) is -0.181. The summed E-state index contributed by atoms with van der Waals surface area (Å²) in [6, 6.07) is 0. The van der Waals surface area contributed by atoms with Crippen LogP contribution >= 0.6 is 0 Å². The molecule has 0 aliphatic carbocycles. The van der Waals surface area contributed by atoms with E-state index in [1.54, 1.807) is 0 Å². The van der Waals surface area contributed by atoms with Crippen molar-refractivity contribution in [3.63, 3.8) is 0 Å². The van der Waals surface area contributed by atoms with Gasteiger partial charge in [0.05, 0.1) is 12.7 Å². The van der Waals surface area contributed by atoms with Gasteiger partial charge in [-0.1, -0.05) is 0 Å². The highest BCUT2D eigenvalue weighted by molar-refractivity contribution is 5.66. The van der Waals surface area contributed by atoms with Crippen molar-refractivity contribution < 1.29 is 14.3 Å². The topological polar surface area (TPSA) is 61.5 Å². The first-order valence-corrected chi connectivity index (χ1v) is 4.05. The van der Waals surface area contributed by atoms with E-state index in [4.69, 9.17) is 15.2 Å². The van der Waals surface area contributed by atoms with Gasteiger partial charge in [-0.3, -0.25) is 4.79 Å². The molecule has 0 aromatic carbocycles. The van der Waals surface area contributed by atoms with Crippen LogP contribution in [0.4, 0.5) is 0 Å². The van der Waals surface area contributed by atoms with Crippen molar-refractivity contribution in [2.24, 2.45) is 5.73 Å². The number of hydrogen-bond acceptors (Lipinski definition) is 4. The van der Waals surface area contributed by atoms with Gasteiger partial charge in [0.25, 0.3) is 0 Å². The Morgan fingerprint density at radius 2 is 2.08 bits per heavy atom. The third-order valence-corrected chi connectivity index (χ3v) is 1.21. The molecule has 0 aromatic heterocycles. The Hall–Kier alpha value is -0.610. The molecule has 0 rings (SSSR count). The summed E-state index contributed by atoms with van der Waals surface area (Å²) in [4.78, 5) is 10.5. The first kappa shape index (κ1) is 11.4. The Kier molecular flexibility index (Phi) is 5.66. The van der Waals surface area contributed by atoms with Crippen LogP contribution in [0.15, 0.2) is 0 Å². The Morgan fingerprint density at radius 1 is 1.50 bits per heavy atom. The Bertz CT molecular complexity index is 136. The van der Waals surface area contributed by atoms with Gasteiger partial charge in [0, 0.05) is 13.5 Å². The average molecular weight is 175 g/mol. The maximum Gasteiger partial charge on any atom is 0.303 e. The van der Waals surface area contributed by atoms with Gasteiger partial charge >= 0.3 is 5.97 Å². The molecule has 0 spiro atoms. The Balaban J connectivity index is 3.60. The zero-order valence-corrected chi connectivity index (χ0v) is 7.87. The number of hydrogen-bond donors (Lipinski definition) is 1. The van der Waals surface area contributed by atoms with Crippen LogP contribution in [0.1, 0.15) is 20.8 Å². The molecule has 0 amide bonds. The maximum atomic E-state index is 10.5. The number of carbonyl (C=O) groups is 1. The van der Waals surface area contributed by atoms with Crippen molar-refractivity contribution in [3.8, 4) is 0 Å². The zero-order valence-electron chi connectivity index (χ0n) is 7.87. The fourth-order valence-electron chi connectivity index (χ4n) is 0.685. The summed E-state index contributed by atoms with van der Waals surface area (Å²) in [5, 5.41) is 0. The highest BCUT2D eigenvalue weighted by Gasteiger charge is 2.10. The van der Waals surface area contributed by atoms with Crippen molar-refractivity contribution in [1.82, 2.24) is 0 Å². The molecule has 1 atom stereocenters. The van der Waals surface area contributed by atoms with E-state index >= 15 is 0 Å². The molecule has 0 radical (unpaired) electrons.